The van der Waals surface area contributed by atoms with Gasteiger partial charge < -0.3 is 10.8 Å². The van der Waals surface area contributed by atoms with Crippen molar-refractivity contribution in [1.29, 1.82) is 0 Å². The topological polar surface area (TPSA) is 59.1 Å². The molecule has 1 aliphatic carbocycles. The van der Waals surface area contributed by atoms with E-state index in [2.05, 4.69) is 4.98 Å². The van der Waals surface area contributed by atoms with Gasteiger partial charge >= 0.3 is 0 Å². The molecular weight excluding hydrogens is 200 g/mol. The Morgan fingerprint density at radius 1 is 1.38 bits per heavy atom. The Balaban J connectivity index is 2.09. The van der Waals surface area contributed by atoms with E-state index in [1.807, 2.05) is 18.2 Å². The predicted octanol–water partition coefficient (Wildman–Crippen LogP) is 1.68. The van der Waals surface area contributed by atoms with Gasteiger partial charge in [-0.3, -0.25) is 4.98 Å². The van der Waals surface area contributed by atoms with Crippen LogP contribution in [-0.4, -0.2) is 22.7 Å². The third kappa shape index (κ3) is 2.42. The highest BCUT2D eigenvalue weighted by Gasteiger charge is 2.30. The number of pyridine rings is 1. The molecule has 3 nitrogen and oxygen atoms in total. The van der Waals surface area contributed by atoms with Gasteiger partial charge in [-0.2, -0.15) is 0 Å². The maximum Gasteiger partial charge on any atom is 0.0664 e. The summed E-state index contributed by atoms with van der Waals surface area (Å²) in [7, 11) is 0. The fourth-order valence-corrected chi connectivity index (χ4v) is 2.66. The summed E-state index contributed by atoms with van der Waals surface area (Å²) in [4.78, 5) is 4.30. The Bertz CT molecular complexity index is 309. The standard InChI is InChI=1S/C13H20N2O/c14-9-11(12-7-3-4-8-15-12)13(16)10-5-1-2-6-10/h3-4,7-8,10-11,13,16H,1-2,5-6,9,14H2. The van der Waals surface area contributed by atoms with E-state index in [1.54, 1.807) is 6.20 Å². The van der Waals surface area contributed by atoms with E-state index >= 15 is 0 Å². The van der Waals surface area contributed by atoms with Crippen molar-refractivity contribution < 1.29 is 5.11 Å². The van der Waals surface area contributed by atoms with Crippen molar-refractivity contribution in [1.82, 2.24) is 4.98 Å². The molecular formula is C13H20N2O. The molecule has 1 saturated carbocycles. The Kier molecular flexibility index (Phi) is 3.91. The third-order valence-corrected chi connectivity index (χ3v) is 3.62. The number of aliphatic hydroxyl groups is 1. The zero-order valence-electron chi connectivity index (χ0n) is 9.55. The first-order chi connectivity index (χ1) is 7.83. The van der Waals surface area contributed by atoms with Crippen LogP contribution >= 0.6 is 0 Å². The second-order valence-electron chi connectivity index (χ2n) is 4.63. The van der Waals surface area contributed by atoms with Crippen molar-refractivity contribution in [3.05, 3.63) is 30.1 Å². The molecule has 3 heteroatoms. The maximum atomic E-state index is 10.3. The number of rotatable bonds is 4. The van der Waals surface area contributed by atoms with Gasteiger partial charge in [-0.05, 0) is 30.9 Å². The Labute approximate surface area is 96.7 Å². The van der Waals surface area contributed by atoms with E-state index in [0.717, 1.165) is 18.5 Å². The van der Waals surface area contributed by atoms with Gasteiger partial charge in [-0.1, -0.05) is 18.9 Å². The smallest absolute Gasteiger partial charge is 0.0664 e. The molecule has 1 heterocycles. The lowest BCUT2D eigenvalue weighted by atomic mass is 9.87. The largest absolute Gasteiger partial charge is 0.392 e. The number of aliphatic hydroxyl groups excluding tert-OH is 1. The summed E-state index contributed by atoms with van der Waals surface area (Å²) in [6, 6.07) is 5.79. The molecule has 16 heavy (non-hydrogen) atoms. The van der Waals surface area contributed by atoms with E-state index in [1.165, 1.54) is 12.8 Å². The van der Waals surface area contributed by atoms with E-state index in [0.29, 0.717) is 12.5 Å². The number of aromatic nitrogens is 1. The summed E-state index contributed by atoms with van der Waals surface area (Å²) in [5.74, 6) is 0.403. The van der Waals surface area contributed by atoms with Crippen molar-refractivity contribution in [2.75, 3.05) is 6.54 Å². The highest BCUT2D eigenvalue weighted by atomic mass is 16.3. The van der Waals surface area contributed by atoms with Crippen molar-refractivity contribution in [2.45, 2.75) is 37.7 Å². The summed E-state index contributed by atoms with van der Waals surface area (Å²) in [5, 5.41) is 10.3. The molecule has 2 atom stereocenters. The average Bonchev–Trinajstić information content (AvgIpc) is 2.85. The second kappa shape index (κ2) is 5.41. The average molecular weight is 220 g/mol. The zero-order valence-corrected chi connectivity index (χ0v) is 9.55. The molecule has 3 N–H and O–H groups in total. The molecule has 0 aliphatic heterocycles. The van der Waals surface area contributed by atoms with Crippen LogP contribution in [-0.2, 0) is 0 Å². The van der Waals surface area contributed by atoms with Gasteiger partial charge in [0.2, 0.25) is 0 Å². The lowest BCUT2D eigenvalue weighted by Gasteiger charge is -2.25. The van der Waals surface area contributed by atoms with Gasteiger partial charge in [0, 0.05) is 24.4 Å². The maximum absolute atomic E-state index is 10.3. The lowest BCUT2D eigenvalue weighted by Crippen LogP contribution is -2.31. The second-order valence-corrected chi connectivity index (χ2v) is 4.63. The van der Waals surface area contributed by atoms with Crippen LogP contribution in [0.3, 0.4) is 0 Å². The minimum atomic E-state index is -0.331. The molecule has 0 spiro atoms. The Morgan fingerprint density at radius 3 is 2.69 bits per heavy atom. The van der Waals surface area contributed by atoms with Crippen LogP contribution in [0, 0.1) is 5.92 Å². The van der Waals surface area contributed by atoms with Crippen LogP contribution in [0.1, 0.15) is 37.3 Å². The fourth-order valence-electron chi connectivity index (χ4n) is 2.66. The summed E-state index contributed by atoms with van der Waals surface area (Å²) in [5.41, 5.74) is 6.69. The number of hydrogen-bond acceptors (Lipinski definition) is 3. The van der Waals surface area contributed by atoms with Crippen molar-refractivity contribution in [3.63, 3.8) is 0 Å². The molecule has 88 valence electrons. The highest BCUT2D eigenvalue weighted by molar-refractivity contribution is 5.12. The number of hydrogen-bond donors (Lipinski definition) is 2. The molecule has 1 fully saturated rings. The Morgan fingerprint density at radius 2 is 2.12 bits per heavy atom. The van der Waals surface area contributed by atoms with Gasteiger partial charge in [0.05, 0.1) is 6.10 Å². The van der Waals surface area contributed by atoms with E-state index in [4.69, 9.17) is 5.73 Å². The Hall–Kier alpha value is -0.930. The van der Waals surface area contributed by atoms with Gasteiger partial charge in [0.25, 0.3) is 0 Å². The van der Waals surface area contributed by atoms with Crippen molar-refractivity contribution >= 4 is 0 Å². The van der Waals surface area contributed by atoms with Gasteiger partial charge in [-0.15, -0.1) is 0 Å². The van der Waals surface area contributed by atoms with E-state index in [9.17, 15) is 5.11 Å². The number of nitrogens with two attached hydrogens (primary N) is 1. The van der Waals surface area contributed by atoms with Gasteiger partial charge in [-0.25, -0.2) is 0 Å². The molecule has 0 aromatic carbocycles. The molecule has 0 bridgehead atoms. The molecule has 2 unspecified atom stereocenters. The van der Waals surface area contributed by atoms with Crippen molar-refractivity contribution in [2.24, 2.45) is 11.7 Å². The summed E-state index contributed by atoms with van der Waals surface area (Å²) >= 11 is 0. The van der Waals surface area contributed by atoms with Gasteiger partial charge in [0.1, 0.15) is 0 Å². The molecule has 1 aromatic heterocycles. The highest BCUT2D eigenvalue weighted by Crippen LogP contribution is 2.33. The van der Waals surface area contributed by atoms with Crippen LogP contribution < -0.4 is 5.73 Å². The van der Waals surface area contributed by atoms with Gasteiger partial charge in [0.15, 0.2) is 0 Å². The molecule has 0 radical (unpaired) electrons. The summed E-state index contributed by atoms with van der Waals surface area (Å²) < 4.78 is 0. The summed E-state index contributed by atoms with van der Waals surface area (Å²) in [6.07, 6.45) is 6.17. The SMILES string of the molecule is NCC(c1ccccn1)C(O)C1CCCC1. The number of nitrogens with zero attached hydrogens (tertiary/aromatic N) is 1. The minimum absolute atomic E-state index is 0.00991. The molecule has 1 aliphatic rings. The molecule has 0 amide bonds. The van der Waals surface area contributed by atoms with Crippen LogP contribution in [0.5, 0.6) is 0 Å². The third-order valence-electron chi connectivity index (χ3n) is 3.62. The molecule has 2 rings (SSSR count). The van der Waals surface area contributed by atoms with E-state index < -0.39 is 0 Å². The minimum Gasteiger partial charge on any atom is -0.392 e. The van der Waals surface area contributed by atoms with Crippen LogP contribution in [0.25, 0.3) is 0 Å². The lowest BCUT2D eigenvalue weighted by molar-refractivity contribution is 0.0838. The first-order valence-electron chi connectivity index (χ1n) is 6.12. The first kappa shape index (κ1) is 11.6. The normalized spacial score (nSPS) is 20.9. The summed E-state index contributed by atoms with van der Waals surface area (Å²) in [6.45, 7) is 0.467. The monoisotopic (exact) mass is 220 g/mol. The predicted molar refractivity (Wildman–Crippen MR) is 64.0 cm³/mol. The zero-order chi connectivity index (χ0) is 11.4. The quantitative estimate of drug-likeness (QED) is 0.811. The first-order valence-corrected chi connectivity index (χ1v) is 6.12. The molecule has 1 aromatic rings. The van der Waals surface area contributed by atoms with Crippen molar-refractivity contribution in [3.8, 4) is 0 Å². The fraction of sp³-hybridized carbons (Fsp3) is 0.615. The van der Waals surface area contributed by atoms with E-state index in [-0.39, 0.29) is 12.0 Å². The molecule has 0 saturated heterocycles. The van der Waals surface area contributed by atoms with Crippen LogP contribution in [0.15, 0.2) is 24.4 Å². The van der Waals surface area contributed by atoms with Crippen LogP contribution in [0.4, 0.5) is 0 Å². The van der Waals surface area contributed by atoms with Crippen LogP contribution in [0.2, 0.25) is 0 Å².